The number of pyridine rings is 1. The Balaban J connectivity index is 0.000000330. The Morgan fingerprint density at radius 3 is 2.35 bits per heavy atom. The number of anilines is 1. The summed E-state index contributed by atoms with van der Waals surface area (Å²) in [6.45, 7) is 14.0. The number of hydrogen-bond donors (Lipinski definition) is 6. The number of nitrogens with zero attached hydrogens (tertiary/aromatic N) is 2. The van der Waals surface area contributed by atoms with Gasteiger partial charge in [-0.2, -0.15) is 0 Å². The molecule has 15 nitrogen and oxygen atoms in total. The van der Waals surface area contributed by atoms with Gasteiger partial charge in [0.2, 0.25) is 11.8 Å². The van der Waals surface area contributed by atoms with Crippen molar-refractivity contribution in [3.63, 3.8) is 0 Å². The maximum Gasteiger partial charge on any atom is 0.326 e. The van der Waals surface area contributed by atoms with Crippen molar-refractivity contribution >= 4 is 57.0 Å². The largest absolute Gasteiger partial charge is 0.497 e. The van der Waals surface area contributed by atoms with Crippen molar-refractivity contribution in [1.29, 1.82) is 0 Å². The van der Waals surface area contributed by atoms with Crippen molar-refractivity contribution in [3.8, 4) is 17.1 Å². The van der Waals surface area contributed by atoms with Crippen LogP contribution in [0, 0.1) is 23.7 Å². The maximum atomic E-state index is 13.1. The molecule has 3 aromatic rings. The molecule has 2 aromatic heterocycles. The van der Waals surface area contributed by atoms with Crippen molar-refractivity contribution in [2.24, 2.45) is 23.7 Å². The molecule has 1 aromatic carbocycles. The number of carboxylic acids is 1. The number of carbonyl (C=O) groups is 5. The number of fused-ring (bicyclic) bond motifs is 1. The van der Waals surface area contributed by atoms with Gasteiger partial charge in [-0.3, -0.25) is 19.2 Å². The first-order valence-electron chi connectivity index (χ1n) is 24.2. The summed E-state index contributed by atoms with van der Waals surface area (Å²) >= 11 is 1.52. The van der Waals surface area contributed by atoms with Crippen molar-refractivity contribution in [1.82, 2.24) is 30.8 Å². The van der Waals surface area contributed by atoms with Crippen LogP contribution in [0.15, 0.2) is 46.6 Å². The first kappa shape index (κ1) is 53.4. The number of H-pyrrole nitrogens is 1. The average molecular weight is 934 g/mol. The summed E-state index contributed by atoms with van der Waals surface area (Å²) in [6, 6.07) is 4.80. The van der Waals surface area contributed by atoms with Gasteiger partial charge in [0.05, 0.1) is 42.5 Å². The molecule has 2 saturated carbocycles. The first-order chi connectivity index (χ1) is 31.7. The Labute approximate surface area is 394 Å². The second-order valence-corrected chi connectivity index (χ2v) is 18.7. The van der Waals surface area contributed by atoms with Crippen LogP contribution in [0.2, 0.25) is 0 Å². The first-order valence-corrected chi connectivity index (χ1v) is 25.1. The third kappa shape index (κ3) is 15.7. The van der Waals surface area contributed by atoms with Crippen molar-refractivity contribution in [2.75, 3.05) is 25.5 Å². The van der Waals surface area contributed by atoms with Crippen LogP contribution >= 0.6 is 11.3 Å². The summed E-state index contributed by atoms with van der Waals surface area (Å²) in [6.07, 6.45) is 16.2. The number of ether oxygens (including phenoxy) is 1. The Morgan fingerprint density at radius 2 is 1.70 bits per heavy atom. The number of amides is 4. The topological polar surface area (TPSA) is 212 Å². The van der Waals surface area contributed by atoms with Crippen LogP contribution in [0.25, 0.3) is 22.3 Å². The number of unbranched alkanes of at least 4 members (excludes halogenated alkanes) is 3. The number of hydrogen-bond acceptors (Lipinski definition) is 10. The molecule has 3 aliphatic rings. The summed E-state index contributed by atoms with van der Waals surface area (Å²) < 4.78 is 5.21. The highest BCUT2D eigenvalue weighted by Crippen LogP contribution is 2.35. The van der Waals surface area contributed by atoms with Gasteiger partial charge in [-0.1, -0.05) is 78.9 Å². The van der Waals surface area contributed by atoms with E-state index in [2.05, 4.69) is 52.0 Å². The lowest BCUT2D eigenvalue weighted by atomic mass is 9.81. The molecule has 6 rings (SSSR count). The zero-order valence-corrected chi connectivity index (χ0v) is 41.2. The van der Waals surface area contributed by atoms with Crippen LogP contribution in [-0.2, 0) is 19.2 Å². The predicted octanol–water partition coefficient (Wildman–Crippen LogP) is 8.69. The van der Waals surface area contributed by atoms with Crippen LogP contribution in [0.4, 0.5) is 9.93 Å². The quantitative estimate of drug-likeness (QED) is 0.0469. The highest BCUT2D eigenvalue weighted by Gasteiger charge is 2.40. The molecule has 66 heavy (non-hydrogen) atoms. The van der Waals surface area contributed by atoms with Gasteiger partial charge >= 0.3 is 12.0 Å². The lowest BCUT2D eigenvalue weighted by Crippen LogP contribution is -2.54. The number of methoxy groups -OCH3 is 1. The monoisotopic (exact) mass is 934 g/mol. The lowest BCUT2D eigenvalue weighted by Gasteiger charge is -2.31. The molecule has 3 fully saturated rings. The smallest absolute Gasteiger partial charge is 0.326 e. The molecule has 4 amide bonds. The summed E-state index contributed by atoms with van der Waals surface area (Å²) in [7, 11) is 1.60. The standard InChI is InChI=1S/C32H52N4O6.C16H17N3O2S.C2H6/c1-4-5-6-7-9-13-21(2)27(31(40)41)34-30(39)22(3)25-16-12-19-36(25)26(37)20-33-32(42)35-28(29(38)24-17-18-24)23-14-10-8-11-15-23;1-9(2)17-16-19-14(8-22-16)13-7-15(20)11-5-4-10(21-3)6-12(11)18-13;1-2/h9,13,21-25,27-28H,4-8,10-12,14-20H2,1-3H3,(H,34,39)(H,40,41)(H2,33,35,42);4-9H,1-3H3,(H,17,19)(H,18,20);1-2H3/b13-9-;;/t21?,22-,25?,27?,28?;;/m1../s1. The number of nitrogens with one attached hydrogen (secondary N) is 5. The number of allylic oxidation sites excluding steroid dienone is 1. The number of aliphatic carboxylic acids is 1. The zero-order chi connectivity index (χ0) is 48.3. The van der Waals surface area contributed by atoms with E-state index in [0.29, 0.717) is 35.8 Å². The normalized spacial score (nSPS) is 18.0. The van der Waals surface area contributed by atoms with Gasteiger partial charge in [0.25, 0.3) is 0 Å². The van der Waals surface area contributed by atoms with Crippen LogP contribution in [0.5, 0.6) is 5.75 Å². The van der Waals surface area contributed by atoms with E-state index in [9.17, 15) is 33.9 Å². The van der Waals surface area contributed by atoms with E-state index in [1.54, 1.807) is 44.1 Å². The van der Waals surface area contributed by atoms with Crippen molar-refractivity contribution in [3.05, 3.63) is 52.0 Å². The Morgan fingerprint density at radius 1 is 0.970 bits per heavy atom. The Hall–Kier alpha value is -5.25. The fourth-order valence-electron chi connectivity index (χ4n) is 8.60. The van der Waals surface area contributed by atoms with E-state index in [-0.39, 0.29) is 47.5 Å². The number of rotatable bonds is 20. The minimum absolute atomic E-state index is 0.0298. The molecule has 0 spiro atoms. The number of Topliss-reactive ketones (excluding diaryl/α,β-unsaturated/α-hetero) is 1. The van der Waals surface area contributed by atoms with Gasteiger partial charge in [0.15, 0.2) is 16.3 Å². The summed E-state index contributed by atoms with van der Waals surface area (Å²) in [4.78, 5) is 85.6. The molecule has 4 unspecified atom stereocenters. The fraction of sp³-hybridized carbons (Fsp3) is 0.620. The minimum Gasteiger partial charge on any atom is -0.497 e. The molecule has 6 N–H and O–H groups in total. The Bertz CT molecular complexity index is 2140. The highest BCUT2D eigenvalue weighted by molar-refractivity contribution is 7.14. The number of urea groups is 1. The summed E-state index contributed by atoms with van der Waals surface area (Å²) in [5, 5.41) is 24.7. The molecule has 2 aliphatic carbocycles. The number of ketones is 1. The lowest BCUT2D eigenvalue weighted by molar-refractivity contribution is -0.144. The molecule has 1 saturated heterocycles. The van der Waals surface area contributed by atoms with Gasteiger partial charge in [-0.05, 0) is 83.3 Å². The fourth-order valence-corrected chi connectivity index (χ4v) is 9.46. The van der Waals surface area contributed by atoms with Crippen molar-refractivity contribution < 1.29 is 33.8 Å². The number of carbonyl (C=O) groups excluding carboxylic acids is 4. The summed E-state index contributed by atoms with van der Waals surface area (Å²) in [5.74, 6) is -1.78. The van der Waals surface area contributed by atoms with Crippen LogP contribution in [0.1, 0.15) is 132 Å². The van der Waals surface area contributed by atoms with Gasteiger partial charge in [0.1, 0.15) is 11.8 Å². The third-order valence-electron chi connectivity index (χ3n) is 12.4. The van der Waals surface area contributed by atoms with Gasteiger partial charge in [0, 0.05) is 53.4 Å². The van der Waals surface area contributed by atoms with E-state index < -0.39 is 35.9 Å². The average Bonchev–Trinajstić information content (AvgIpc) is 3.87. The number of aromatic nitrogens is 2. The third-order valence-corrected chi connectivity index (χ3v) is 13.2. The van der Waals surface area contributed by atoms with E-state index >= 15 is 0 Å². The van der Waals surface area contributed by atoms with E-state index in [1.165, 1.54) is 11.3 Å². The molecule has 1 aliphatic heterocycles. The maximum absolute atomic E-state index is 13.1. The van der Waals surface area contributed by atoms with E-state index in [1.807, 2.05) is 37.4 Å². The number of aromatic amines is 1. The van der Waals surface area contributed by atoms with Crippen LogP contribution in [-0.4, -0.2) is 93.9 Å². The predicted molar refractivity (Wildman–Crippen MR) is 263 cm³/mol. The van der Waals surface area contributed by atoms with Gasteiger partial charge in [-0.15, -0.1) is 11.3 Å². The highest BCUT2D eigenvalue weighted by atomic mass is 32.1. The molecule has 5 atom stereocenters. The molecule has 0 bridgehead atoms. The van der Waals surface area contributed by atoms with Gasteiger partial charge in [-0.25, -0.2) is 14.6 Å². The van der Waals surface area contributed by atoms with Crippen LogP contribution in [0.3, 0.4) is 0 Å². The molecule has 0 radical (unpaired) electrons. The number of carboxylic acid groups (broad SMARTS) is 1. The second kappa shape index (κ2) is 26.8. The molecular formula is C50H75N7O8S. The van der Waals surface area contributed by atoms with E-state index in [4.69, 9.17) is 4.74 Å². The number of likely N-dealkylation sites (tertiary alicyclic amines) is 1. The number of thiazole rings is 1. The van der Waals surface area contributed by atoms with Crippen molar-refractivity contribution in [2.45, 2.75) is 156 Å². The molecule has 3 heterocycles. The van der Waals surface area contributed by atoms with E-state index in [0.717, 1.165) is 93.4 Å². The molecule has 364 valence electrons. The zero-order valence-electron chi connectivity index (χ0n) is 40.4. The minimum atomic E-state index is -1.09. The van der Waals surface area contributed by atoms with Crippen LogP contribution < -0.4 is 31.4 Å². The molecular weight excluding hydrogens is 859 g/mol. The number of benzene rings is 1. The Kier molecular flexibility index (Phi) is 21.7. The summed E-state index contributed by atoms with van der Waals surface area (Å²) in [5.41, 5.74) is 2.18. The second-order valence-electron chi connectivity index (χ2n) is 17.9. The van der Waals surface area contributed by atoms with Gasteiger partial charge < -0.3 is 41.0 Å². The molecule has 16 heteroatoms. The SMILES string of the molecule is CC.CCCCC/C=C\C(C)C(NC(=O)[C@H](C)C1CCCN1C(=O)CNC(=O)NC(C(=O)C1CC1)C1CCCCC1)C(=O)O.COc1ccc2c(=O)cc(-c3csc(NC(C)C)n3)[nH]c2c1.